The summed E-state index contributed by atoms with van der Waals surface area (Å²) >= 11 is 0. The number of ether oxygens (including phenoxy) is 1. The molecule has 3 heteroatoms. The van der Waals surface area contributed by atoms with Gasteiger partial charge in [-0.3, -0.25) is 0 Å². The number of rotatable bonds is 4. The maximum atomic E-state index is 13.3. The van der Waals surface area contributed by atoms with Gasteiger partial charge in [-0.2, -0.15) is 0 Å². The van der Waals surface area contributed by atoms with Crippen LogP contribution in [-0.4, -0.2) is 7.11 Å². The minimum atomic E-state index is -0.235. The Morgan fingerprint density at radius 2 is 1.85 bits per heavy atom. The zero-order valence-corrected chi connectivity index (χ0v) is 12.3. The van der Waals surface area contributed by atoms with Crippen LogP contribution in [0.15, 0.2) is 36.4 Å². The van der Waals surface area contributed by atoms with Crippen LogP contribution in [0.4, 0.5) is 10.1 Å². The van der Waals surface area contributed by atoms with Gasteiger partial charge in [0.1, 0.15) is 11.6 Å². The molecule has 0 saturated heterocycles. The monoisotopic (exact) mass is 273 g/mol. The quantitative estimate of drug-likeness (QED) is 0.877. The van der Waals surface area contributed by atoms with Crippen molar-refractivity contribution in [3.63, 3.8) is 0 Å². The summed E-state index contributed by atoms with van der Waals surface area (Å²) in [6, 6.07) is 10.9. The third kappa shape index (κ3) is 3.10. The van der Waals surface area contributed by atoms with Crippen LogP contribution in [-0.2, 0) is 0 Å². The fourth-order valence-corrected chi connectivity index (χ4v) is 2.24. The van der Waals surface area contributed by atoms with Gasteiger partial charge in [0.25, 0.3) is 0 Å². The van der Waals surface area contributed by atoms with Crippen molar-refractivity contribution in [3.05, 3.63) is 58.9 Å². The van der Waals surface area contributed by atoms with E-state index < -0.39 is 0 Å². The molecule has 0 bridgehead atoms. The molecule has 0 aromatic heterocycles. The highest BCUT2D eigenvalue weighted by molar-refractivity contribution is 5.53. The number of nitrogens with one attached hydrogen (secondary N) is 1. The van der Waals surface area contributed by atoms with Crippen molar-refractivity contribution in [2.45, 2.75) is 26.8 Å². The van der Waals surface area contributed by atoms with Crippen molar-refractivity contribution in [2.24, 2.45) is 0 Å². The van der Waals surface area contributed by atoms with Crippen LogP contribution in [0.5, 0.6) is 5.75 Å². The van der Waals surface area contributed by atoms with Gasteiger partial charge in [-0.15, -0.1) is 0 Å². The second-order valence-electron chi connectivity index (χ2n) is 5.07. The summed E-state index contributed by atoms with van der Waals surface area (Å²) in [5, 5.41) is 3.34. The number of hydrogen-bond acceptors (Lipinski definition) is 2. The third-order valence-corrected chi connectivity index (χ3v) is 3.43. The van der Waals surface area contributed by atoms with Gasteiger partial charge in [0.05, 0.1) is 13.2 Å². The van der Waals surface area contributed by atoms with Gasteiger partial charge in [-0.05, 0) is 50.1 Å². The Balaban J connectivity index is 2.28. The number of aryl methyl sites for hydroxylation is 2. The second kappa shape index (κ2) is 5.95. The Morgan fingerprint density at radius 3 is 2.55 bits per heavy atom. The normalized spacial score (nSPS) is 12.1. The van der Waals surface area contributed by atoms with Crippen LogP contribution in [0, 0.1) is 19.7 Å². The number of hydrogen-bond donors (Lipinski definition) is 1. The Labute approximate surface area is 119 Å². The van der Waals surface area contributed by atoms with E-state index in [-0.39, 0.29) is 11.9 Å². The SMILES string of the molecule is COc1cc(C)ccc1C(C)Nc1cc(F)ccc1C. The van der Waals surface area contributed by atoms with Gasteiger partial charge in [-0.1, -0.05) is 18.2 Å². The summed E-state index contributed by atoms with van der Waals surface area (Å²) in [5.41, 5.74) is 4.03. The average molecular weight is 273 g/mol. The second-order valence-corrected chi connectivity index (χ2v) is 5.07. The Hall–Kier alpha value is -2.03. The molecule has 1 atom stereocenters. The van der Waals surface area contributed by atoms with Crippen LogP contribution >= 0.6 is 0 Å². The molecule has 0 aliphatic rings. The van der Waals surface area contributed by atoms with Gasteiger partial charge in [0.2, 0.25) is 0 Å². The third-order valence-electron chi connectivity index (χ3n) is 3.43. The molecule has 106 valence electrons. The minimum absolute atomic E-state index is 0.0334. The van der Waals surface area contributed by atoms with Gasteiger partial charge in [0, 0.05) is 11.3 Å². The van der Waals surface area contributed by atoms with E-state index in [0.717, 1.165) is 28.1 Å². The van der Waals surface area contributed by atoms with E-state index in [1.54, 1.807) is 13.2 Å². The van der Waals surface area contributed by atoms with E-state index in [1.807, 2.05) is 32.9 Å². The van der Waals surface area contributed by atoms with E-state index >= 15 is 0 Å². The van der Waals surface area contributed by atoms with Crippen molar-refractivity contribution >= 4 is 5.69 Å². The van der Waals surface area contributed by atoms with Crippen molar-refractivity contribution in [2.75, 3.05) is 12.4 Å². The molecule has 2 aromatic rings. The number of halogens is 1. The molecule has 20 heavy (non-hydrogen) atoms. The summed E-state index contributed by atoms with van der Waals surface area (Å²) in [6.07, 6.45) is 0. The number of methoxy groups -OCH3 is 1. The zero-order chi connectivity index (χ0) is 14.7. The molecule has 1 unspecified atom stereocenters. The molecule has 0 saturated carbocycles. The first kappa shape index (κ1) is 14.4. The van der Waals surface area contributed by atoms with Crippen molar-refractivity contribution in [1.29, 1.82) is 0 Å². The maximum Gasteiger partial charge on any atom is 0.125 e. The van der Waals surface area contributed by atoms with Crippen molar-refractivity contribution in [1.82, 2.24) is 0 Å². The van der Waals surface area contributed by atoms with Gasteiger partial charge < -0.3 is 10.1 Å². The van der Waals surface area contributed by atoms with Gasteiger partial charge in [0.15, 0.2) is 0 Å². The van der Waals surface area contributed by atoms with Crippen LogP contribution < -0.4 is 10.1 Å². The molecule has 0 amide bonds. The molecule has 0 spiro atoms. The first-order valence-corrected chi connectivity index (χ1v) is 6.68. The van der Waals surface area contributed by atoms with Crippen LogP contribution in [0.3, 0.4) is 0 Å². The maximum absolute atomic E-state index is 13.3. The lowest BCUT2D eigenvalue weighted by Gasteiger charge is -2.20. The molecular weight excluding hydrogens is 253 g/mol. The average Bonchev–Trinajstić information content (AvgIpc) is 2.42. The van der Waals surface area contributed by atoms with E-state index in [0.29, 0.717) is 0 Å². The largest absolute Gasteiger partial charge is 0.496 e. The highest BCUT2D eigenvalue weighted by Gasteiger charge is 2.12. The van der Waals surface area contributed by atoms with Gasteiger partial charge >= 0.3 is 0 Å². The Morgan fingerprint density at radius 1 is 1.10 bits per heavy atom. The molecule has 0 radical (unpaired) electrons. The van der Waals surface area contributed by atoms with E-state index in [4.69, 9.17) is 4.74 Å². The highest BCUT2D eigenvalue weighted by atomic mass is 19.1. The summed E-state index contributed by atoms with van der Waals surface area (Å²) in [6.45, 7) is 6.03. The van der Waals surface area contributed by atoms with Crippen molar-refractivity contribution in [3.8, 4) is 5.75 Å². The summed E-state index contributed by atoms with van der Waals surface area (Å²) < 4.78 is 18.8. The van der Waals surface area contributed by atoms with Crippen molar-refractivity contribution < 1.29 is 9.13 Å². The molecule has 0 fully saturated rings. The van der Waals surface area contributed by atoms with E-state index in [2.05, 4.69) is 11.4 Å². The highest BCUT2D eigenvalue weighted by Crippen LogP contribution is 2.29. The molecule has 0 heterocycles. The fourth-order valence-electron chi connectivity index (χ4n) is 2.24. The molecule has 0 aliphatic carbocycles. The van der Waals surface area contributed by atoms with Crippen LogP contribution in [0.2, 0.25) is 0 Å². The lowest BCUT2D eigenvalue weighted by atomic mass is 10.0. The predicted molar refractivity (Wildman–Crippen MR) is 80.9 cm³/mol. The predicted octanol–water partition coefficient (Wildman–Crippen LogP) is 4.62. The molecular formula is C17H20FNO. The van der Waals surface area contributed by atoms with E-state index in [9.17, 15) is 4.39 Å². The zero-order valence-electron chi connectivity index (χ0n) is 12.3. The van der Waals surface area contributed by atoms with Gasteiger partial charge in [-0.25, -0.2) is 4.39 Å². The lowest BCUT2D eigenvalue weighted by Crippen LogP contribution is -2.09. The molecule has 0 aliphatic heterocycles. The summed E-state index contributed by atoms with van der Waals surface area (Å²) in [7, 11) is 1.67. The smallest absolute Gasteiger partial charge is 0.125 e. The topological polar surface area (TPSA) is 21.3 Å². The van der Waals surface area contributed by atoms with E-state index in [1.165, 1.54) is 12.1 Å². The first-order valence-electron chi connectivity index (χ1n) is 6.68. The Kier molecular flexibility index (Phi) is 4.28. The number of benzene rings is 2. The van der Waals surface area contributed by atoms with Crippen LogP contribution in [0.1, 0.15) is 29.7 Å². The molecule has 2 rings (SSSR count). The lowest BCUT2D eigenvalue weighted by molar-refractivity contribution is 0.407. The summed E-state index contributed by atoms with van der Waals surface area (Å²) in [4.78, 5) is 0. The number of anilines is 1. The fraction of sp³-hybridized carbons (Fsp3) is 0.294. The Bertz CT molecular complexity index is 610. The molecule has 2 aromatic carbocycles. The standard InChI is InChI=1S/C17H20FNO/c1-11-5-8-15(17(9-11)20-4)13(3)19-16-10-14(18)7-6-12(16)2/h5-10,13,19H,1-4H3. The minimum Gasteiger partial charge on any atom is -0.496 e. The first-order chi connectivity index (χ1) is 9.51. The summed E-state index contributed by atoms with van der Waals surface area (Å²) in [5.74, 6) is 0.611. The van der Waals surface area contributed by atoms with Crippen LogP contribution in [0.25, 0.3) is 0 Å². The molecule has 2 nitrogen and oxygen atoms in total. The molecule has 1 N–H and O–H groups in total.